The van der Waals surface area contributed by atoms with Gasteiger partial charge in [-0.2, -0.15) is 0 Å². The van der Waals surface area contributed by atoms with Crippen molar-refractivity contribution in [2.24, 2.45) is 0 Å². The molecule has 0 fully saturated rings. The molecule has 3 aliphatic rings. The number of hydrogen-bond donors (Lipinski definition) is 0. The monoisotopic (exact) mass is 574 g/mol. The van der Waals surface area contributed by atoms with E-state index in [9.17, 15) is 19.2 Å². The van der Waals surface area contributed by atoms with Crippen LogP contribution in [0.4, 0.5) is 0 Å². The number of rotatable bonds is 2. The van der Waals surface area contributed by atoms with Crippen molar-refractivity contribution in [3.63, 3.8) is 0 Å². The number of fused-ring (bicyclic) bond motifs is 7. The van der Waals surface area contributed by atoms with Crippen molar-refractivity contribution in [2.75, 3.05) is 0 Å². The minimum Gasteiger partial charge on any atom is -0.285 e. The first-order valence-corrected chi connectivity index (χ1v) is 15.2. The molecule has 3 heterocycles. The van der Waals surface area contributed by atoms with Gasteiger partial charge in [0, 0.05) is 47.0 Å². The number of Topliss-reactive ketones (excluding diaryl/α,β-unsaturated/α-hetero) is 4. The van der Waals surface area contributed by atoms with Gasteiger partial charge in [0.2, 0.25) is 23.1 Å². The average Bonchev–Trinajstić information content (AvgIpc) is 3.74. The zero-order valence-electron chi connectivity index (χ0n) is 21.3. The van der Waals surface area contributed by atoms with E-state index in [4.69, 9.17) is 0 Å². The third-order valence-electron chi connectivity index (χ3n) is 8.04. The summed E-state index contributed by atoms with van der Waals surface area (Å²) in [6.45, 7) is 4.45. The van der Waals surface area contributed by atoms with Gasteiger partial charge in [-0.05, 0) is 46.5 Å². The molecule has 40 heavy (non-hydrogen) atoms. The number of allylic oxidation sites excluding steroid dienone is 2. The van der Waals surface area contributed by atoms with Crippen molar-refractivity contribution in [1.82, 2.24) is 0 Å². The van der Waals surface area contributed by atoms with Crippen LogP contribution in [0, 0.1) is 0 Å². The second-order valence-electron chi connectivity index (χ2n) is 10.7. The van der Waals surface area contributed by atoms with Crippen LogP contribution >= 0.6 is 34.0 Å². The van der Waals surface area contributed by atoms with Crippen molar-refractivity contribution in [3.05, 3.63) is 104 Å². The molecule has 0 N–H and O–H groups in total. The zero-order valence-corrected chi connectivity index (χ0v) is 23.7. The highest BCUT2D eigenvalue weighted by Gasteiger charge is 2.42. The molecule has 0 radical (unpaired) electrons. The Labute approximate surface area is 240 Å². The molecule has 3 aromatic heterocycles. The molecule has 4 nitrogen and oxygen atoms in total. The molecular weight excluding hydrogens is 557 g/mol. The molecule has 0 spiro atoms. The van der Waals surface area contributed by atoms with Gasteiger partial charge in [-0.1, -0.05) is 62.4 Å². The lowest BCUT2D eigenvalue weighted by Crippen LogP contribution is -2.13. The van der Waals surface area contributed by atoms with Gasteiger partial charge in [-0.15, -0.1) is 34.0 Å². The summed E-state index contributed by atoms with van der Waals surface area (Å²) in [6, 6.07) is 18.6. The molecule has 2 aromatic carbocycles. The molecule has 0 amide bonds. The molecule has 8 rings (SSSR count). The minimum atomic E-state index is -0.447. The number of benzene rings is 2. The lowest BCUT2D eigenvalue weighted by molar-refractivity contribution is -0.110. The summed E-state index contributed by atoms with van der Waals surface area (Å²) in [7, 11) is 0. The van der Waals surface area contributed by atoms with Crippen LogP contribution in [0.5, 0.6) is 0 Å². The van der Waals surface area contributed by atoms with Crippen molar-refractivity contribution >= 4 is 89.8 Å². The topological polar surface area (TPSA) is 68.3 Å². The second kappa shape index (κ2) is 8.01. The Kier molecular flexibility index (Phi) is 4.77. The molecule has 0 atom stereocenters. The Bertz CT molecular complexity index is 2110. The van der Waals surface area contributed by atoms with Crippen molar-refractivity contribution in [1.29, 1.82) is 0 Å². The minimum absolute atomic E-state index is 0.245. The smallest absolute Gasteiger partial charge is 0.234 e. The summed E-state index contributed by atoms with van der Waals surface area (Å²) in [5.74, 6) is -1.77. The standard InChI is InChI=1S/C33H18O4S3/c1-33(2)23-13-15(11-21-17-7-3-5-9-19(17)26(34)28(21)36)38-30(23)32-25(33)31-24(40-32)14-16(39-31)12-22-18-8-4-6-10-20(18)27(35)29(22)37/h3-14H,1-2H3/b21-11-,22-12-. The first kappa shape index (κ1) is 23.8. The molecule has 0 saturated carbocycles. The van der Waals surface area contributed by atoms with Crippen molar-refractivity contribution in [2.45, 2.75) is 19.3 Å². The molecule has 5 aromatic rings. The third kappa shape index (κ3) is 3.05. The lowest BCUT2D eigenvalue weighted by Gasteiger charge is -2.19. The van der Waals surface area contributed by atoms with Crippen LogP contribution in [-0.2, 0) is 15.0 Å². The maximum Gasteiger partial charge on any atom is 0.234 e. The molecule has 0 aliphatic heterocycles. The summed E-state index contributed by atoms with van der Waals surface area (Å²) in [5.41, 5.74) is 5.54. The van der Waals surface area contributed by atoms with E-state index < -0.39 is 23.1 Å². The Hall–Kier alpha value is -4.04. The number of hydrogen-bond acceptors (Lipinski definition) is 7. The van der Waals surface area contributed by atoms with Gasteiger partial charge >= 0.3 is 0 Å². The van der Waals surface area contributed by atoms with Gasteiger partial charge < -0.3 is 0 Å². The summed E-state index contributed by atoms with van der Waals surface area (Å²) >= 11 is 5.05. The number of ketones is 4. The van der Waals surface area contributed by atoms with Gasteiger partial charge in [-0.25, -0.2) is 0 Å². The van der Waals surface area contributed by atoms with Crippen molar-refractivity contribution in [3.8, 4) is 9.75 Å². The summed E-state index contributed by atoms with van der Waals surface area (Å²) in [5, 5.41) is 0. The van der Waals surface area contributed by atoms with Gasteiger partial charge in [0.25, 0.3) is 0 Å². The van der Waals surface area contributed by atoms with Crippen LogP contribution in [0.25, 0.3) is 42.5 Å². The average molecular weight is 575 g/mol. The molecule has 7 heteroatoms. The van der Waals surface area contributed by atoms with Gasteiger partial charge in [0.1, 0.15) is 0 Å². The predicted octanol–water partition coefficient (Wildman–Crippen LogP) is 7.94. The van der Waals surface area contributed by atoms with E-state index in [1.807, 2.05) is 36.4 Å². The Balaban J connectivity index is 1.21. The SMILES string of the molecule is CC1(C)c2cc(/C=C3\C(=O)C(=O)c4ccccc43)sc2-c2sc3cc(/C=C4\C(=O)C(=O)c5ccccc54)sc3c21. The Morgan fingerprint density at radius 1 is 0.600 bits per heavy atom. The van der Waals surface area contributed by atoms with Crippen LogP contribution in [-0.4, -0.2) is 23.1 Å². The van der Waals surface area contributed by atoms with E-state index in [0.717, 1.165) is 14.5 Å². The van der Waals surface area contributed by atoms with E-state index in [0.29, 0.717) is 33.4 Å². The Morgan fingerprint density at radius 2 is 1.12 bits per heavy atom. The highest BCUT2D eigenvalue weighted by Crippen LogP contribution is 2.59. The van der Waals surface area contributed by atoms with E-state index in [2.05, 4.69) is 26.0 Å². The molecule has 192 valence electrons. The normalized spacial score (nSPS) is 18.8. The summed E-state index contributed by atoms with van der Waals surface area (Å²) in [4.78, 5) is 54.8. The second-order valence-corrected chi connectivity index (χ2v) is 13.9. The van der Waals surface area contributed by atoms with E-state index in [1.165, 1.54) is 25.6 Å². The van der Waals surface area contributed by atoms with Crippen LogP contribution in [0.15, 0.2) is 60.7 Å². The predicted molar refractivity (Wildman–Crippen MR) is 162 cm³/mol. The third-order valence-corrected chi connectivity index (χ3v) is 11.6. The largest absolute Gasteiger partial charge is 0.285 e. The van der Waals surface area contributed by atoms with E-state index >= 15 is 0 Å². The van der Waals surface area contributed by atoms with Gasteiger partial charge in [-0.3, -0.25) is 19.2 Å². The molecule has 0 unspecified atom stereocenters. The molecular formula is C33H18O4S3. The maximum absolute atomic E-state index is 12.8. The molecule has 3 aliphatic carbocycles. The Morgan fingerprint density at radius 3 is 1.70 bits per heavy atom. The van der Waals surface area contributed by atoms with Crippen LogP contribution < -0.4 is 0 Å². The highest BCUT2D eigenvalue weighted by atomic mass is 32.1. The summed E-state index contributed by atoms with van der Waals surface area (Å²) in [6.07, 6.45) is 3.72. The fraction of sp³-hybridized carbons (Fsp3) is 0.0909. The fourth-order valence-corrected chi connectivity index (χ4v) is 10.4. The molecule has 0 bridgehead atoms. The first-order chi connectivity index (χ1) is 19.2. The number of carbonyl (C=O) groups is 4. The van der Waals surface area contributed by atoms with Crippen molar-refractivity contribution < 1.29 is 19.2 Å². The first-order valence-electron chi connectivity index (χ1n) is 12.8. The fourth-order valence-electron chi connectivity index (χ4n) is 6.09. The van der Waals surface area contributed by atoms with E-state index in [-0.39, 0.29) is 5.41 Å². The lowest BCUT2D eigenvalue weighted by atomic mass is 9.84. The van der Waals surface area contributed by atoms with E-state index in [1.54, 1.807) is 58.3 Å². The number of thiophene rings is 3. The van der Waals surface area contributed by atoms with Crippen LogP contribution in [0.2, 0.25) is 0 Å². The highest BCUT2D eigenvalue weighted by molar-refractivity contribution is 7.32. The van der Waals surface area contributed by atoms with Crippen LogP contribution in [0.1, 0.15) is 66.6 Å². The van der Waals surface area contributed by atoms with Gasteiger partial charge in [0.05, 0.1) is 9.58 Å². The summed E-state index contributed by atoms with van der Waals surface area (Å²) < 4.78 is 2.36. The van der Waals surface area contributed by atoms with Crippen LogP contribution in [0.3, 0.4) is 0 Å². The number of carbonyl (C=O) groups excluding carboxylic acids is 4. The maximum atomic E-state index is 12.8. The van der Waals surface area contributed by atoms with Gasteiger partial charge in [0.15, 0.2) is 0 Å². The quantitative estimate of drug-likeness (QED) is 0.159. The zero-order chi connectivity index (χ0) is 27.5. The molecule has 0 saturated heterocycles.